The average Bonchev–Trinajstić information content (AvgIpc) is 3.04. The van der Waals surface area contributed by atoms with E-state index in [2.05, 4.69) is 47.2 Å². The second kappa shape index (κ2) is 13.6. The van der Waals surface area contributed by atoms with Crippen LogP contribution in [0, 0.1) is 0 Å². The molecular weight excluding hydrogens is 486 g/mol. The monoisotopic (exact) mass is 516 g/mol. The van der Waals surface area contributed by atoms with Gasteiger partial charge in [-0.15, -0.1) is 0 Å². The van der Waals surface area contributed by atoms with Crippen molar-refractivity contribution in [2.75, 3.05) is 53.0 Å². The van der Waals surface area contributed by atoms with Crippen molar-refractivity contribution >= 4 is 11.9 Å². The molecule has 1 aromatic rings. The van der Waals surface area contributed by atoms with E-state index in [1.54, 1.807) is 0 Å². The quantitative estimate of drug-likeness (QED) is 0.593. The highest BCUT2D eigenvalue weighted by molar-refractivity contribution is 5.73. The first-order valence-electron chi connectivity index (χ1n) is 10.8. The average molecular weight is 516 g/mol. The number of halogens is 6. The molecule has 2 saturated heterocycles. The van der Waals surface area contributed by atoms with Crippen LogP contribution in [-0.2, 0) is 19.7 Å². The third-order valence-electron chi connectivity index (χ3n) is 5.66. The van der Waals surface area contributed by atoms with Crippen LogP contribution in [0.15, 0.2) is 30.3 Å². The van der Waals surface area contributed by atoms with E-state index >= 15 is 0 Å². The van der Waals surface area contributed by atoms with Gasteiger partial charge in [-0.25, -0.2) is 9.59 Å². The van der Waals surface area contributed by atoms with Crippen molar-refractivity contribution in [3.8, 4) is 0 Å². The molecule has 2 fully saturated rings. The van der Waals surface area contributed by atoms with E-state index < -0.39 is 24.3 Å². The number of aliphatic carboxylic acids is 2. The summed E-state index contributed by atoms with van der Waals surface area (Å²) >= 11 is 0. The summed E-state index contributed by atoms with van der Waals surface area (Å²) < 4.78 is 69.1. The Morgan fingerprint density at radius 1 is 0.886 bits per heavy atom. The van der Waals surface area contributed by atoms with Crippen LogP contribution in [0.2, 0.25) is 0 Å². The highest BCUT2D eigenvalue weighted by Crippen LogP contribution is 2.36. The Hall–Kier alpha value is -2.38. The number of nitrogens with zero attached hydrogens (tertiary/aromatic N) is 2. The molecular formula is C22H30F6N2O5. The Labute approximate surface area is 199 Å². The smallest absolute Gasteiger partial charge is 0.475 e. The molecule has 0 amide bonds. The summed E-state index contributed by atoms with van der Waals surface area (Å²) in [7, 11) is 2.24. The molecule has 0 saturated carbocycles. The van der Waals surface area contributed by atoms with E-state index in [1.165, 1.54) is 51.0 Å². The van der Waals surface area contributed by atoms with Gasteiger partial charge in [0.2, 0.25) is 0 Å². The van der Waals surface area contributed by atoms with E-state index in [0.29, 0.717) is 5.41 Å². The topological polar surface area (TPSA) is 90.3 Å². The Morgan fingerprint density at radius 3 is 1.83 bits per heavy atom. The van der Waals surface area contributed by atoms with Crippen molar-refractivity contribution in [3.05, 3.63) is 35.9 Å². The molecule has 0 unspecified atom stereocenters. The fourth-order valence-electron chi connectivity index (χ4n) is 3.76. The summed E-state index contributed by atoms with van der Waals surface area (Å²) in [5.74, 6) is -5.51. The van der Waals surface area contributed by atoms with Gasteiger partial charge in [0.1, 0.15) is 0 Å². The van der Waals surface area contributed by atoms with Crippen molar-refractivity contribution in [3.63, 3.8) is 0 Å². The van der Waals surface area contributed by atoms with Gasteiger partial charge < -0.3 is 24.7 Å². The number of piperidine rings is 1. The molecule has 3 rings (SSSR count). The first kappa shape index (κ1) is 30.7. The van der Waals surface area contributed by atoms with Gasteiger partial charge in [-0.05, 0) is 45.0 Å². The lowest BCUT2D eigenvalue weighted by Gasteiger charge is -2.44. The lowest BCUT2D eigenvalue weighted by molar-refractivity contribution is -0.193. The molecule has 2 aliphatic rings. The third kappa shape index (κ3) is 11.3. The molecule has 0 atom stereocenters. The summed E-state index contributed by atoms with van der Waals surface area (Å²) in [6.07, 6.45) is -6.46. The molecule has 0 aromatic heterocycles. The molecule has 35 heavy (non-hydrogen) atoms. The van der Waals surface area contributed by atoms with Crippen LogP contribution in [0.25, 0.3) is 0 Å². The van der Waals surface area contributed by atoms with E-state index in [0.717, 1.165) is 19.8 Å². The minimum Gasteiger partial charge on any atom is -0.475 e. The zero-order valence-corrected chi connectivity index (χ0v) is 19.2. The summed E-state index contributed by atoms with van der Waals surface area (Å²) in [5.41, 5.74) is 1.86. The van der Waals surface area contributed by atoms with Crippen LogP contribution < -0.4 is 0 Å². The number of ether oxygens (including phenoxy) is 1. The first-order chi connectivity index (χ1) is 16.2. The highest BCUT2D eigenvalue weighted by Gasteiger charge is 2.39. The van der Waals surface area contributed by atoms with Gasteiger partial charge >= 0.3 is 24.3 Å². The van der Waals surface area contributed by atoms with Crippen LogP contribution >= 0.6 is 0 Å². The van der Waals surface area contributed by atoms with Crippen LogP contribution in [0.1, 0.15) is 24.8 Å². The van der Waals surface area contributed by atoms with Crippen LogP contribution in [0.4, 0.5) is 26.3 Å². The molecule has 0 bridgehead atoms. The zero-order valence-electron chi connectivity index (χ0n) is 19.2. The van der Waals surface area contributed by atoms with Crippen molar-refractivity contribution in [2.24, 2.45) is 0 Å². The second-order valence-electron chi connectivity index (χ2n) is 8.30. The van der Waals surface area contributed by atoms with Crippen molar-refractivity contribution in [2.45, 2.75) is 37.0 Å². The Balaban J connectivity index is 0.000000362. The van der Waals surface area contributed by atoms with Gasteiger partial charge in [-0.3, -0.25) is 0 Å². The summed E-state index contributed by atoms with van der Waals surface area (Å²) in [6, 6.07) is 11.2. The summed E-state index contributed by atoms with van der Waals surface area (Å²) in [4.78, 5) is 22.9. The minimum atomic E-state index is -5.08. The number of hydrogen-bond donors (Lipinski definition) is 2. The van der Waals surface area contributed by atoms with Gasteiger partial charge in [0.05, 0.1) is 6.61 Å². The van der Waals surface area contributed by atoms with E-state index in [1.807, 2.05) is 0 Å². The third-order valence-corrected chi connectivity index (χ3v) is 5.66. The molecule has 200 valence electrons. The molecule has 0 aliphatic carbocycles. The number of carbonyl (C=O) groups is 2. The van der Waals surface area contributed by atoms with E-state index in [4.69, 9.17) is 24.5 Å². The standard InChI is InChI=1S/C18H28N2O.2C2HF3O2/c1-19-11-8-18(9-12-19,17-6-3-2-4-7-17)16-20-10-5-14-21-15-13-20;2*3-2(4,5)1(6)7/h2-4,6-7H,5,8-16H2,1H3;2*(H,6,7). The molecule has 0 spiro atoms. The van der Waals surface area contributed by atoms with Crippen LogP contribution in [-0.4, -0.2) is 97.3 Å². The zero-order chi connectivity index (χ0) is 26.7. The van der Waals surface area contributed by atoms with Gasteiger partial charge in [0, 0.05) is 31.7 Å². The van der Waals surface area contributed by atoms with Crippen LogP contribution in [0.5, 0.6) is 0 Å². The Morgan fingerprint density at radius 2 is 1.37 bits per heavy atom. The maximum atomic E-state index is 10.6. The summed E-state index contributed by atoms with van der Waals surface area (Å²) in [6.45, 7) is 7.70. The Kier molecular flexibility index (Phi) is 11.9. The molecule has 2 aliphatic heterocycles. The maximum absolute atomic E-state index is 10.6. The molecule has 2 N–H and O–H groups in total. The van der Waals surface area contributed by atoms with Crippen molar-refractivity contribution < 1.29 is 50.9 Å². The van der Waals surface area contributed by atoms with Gasteiger partial charge in [0.15, 0.2) is 0 Å². The number of likely N-dealkylation sites (tertiary alicyclic amines) is 1. The first-order valence-corrected chi connectivity index (χ1v) is 10.8. The lowest BCUT2D eigenvalue weighted by Crippen LogP contribution is -2.48. The van der Waals surface area contributed by atoms with E-state index in [9.17, 15) is 26.3 Å². The Bertz CT molecular complexity index is 749. The van der Waals surface area contributed by atoms with Crippen LogP contribution in [0.3, 0.4) is 0 Å². The number of carboxylic acid groups (broad SMARTS) is 2. The fourth-order valence-corrected chi connectivity index (χ4v) is 3.76. The molecule has 2 heterocycles. The number of hydrogen-bond acceptors (Lipinski definition) is 5. The SMILES string of the molecule is CN1CCC(CN2CCCOCC2)(c2ccccc2)CC1.O=C(O)C(F)(F)F.O=C(O)C(F)(F)F. The number of benzene rings is 1. The second-order valence-corrected chi connectivity index (χ2v) is 8.30. The largest absolute Gasteiger partial charge is 0.490 e. The van der Waals surface area contributed by atoms with Gasteiger partial charge in [0.25, 0.3) is 0 Å². The molecule has 7 nitrogen and oxygen atoms in total. The number of rotatable bonds is 3. The maximum Gasteiger partial charge on any atom is 0.490 e. The van der Waals surface area contributed by atoms with Gasteiger partial charge in [-0.1, -0.05) is 30.3 Å². The minimum absolute atomic E-state index is 0.331. The van der Waals surface area contributed by atoms with E-state index in [-0.39, 0.29) is 0 Å². The normalized spacial score (nSPS) is 19.3. The number of carboxylic acids is 2. The molecule has 0 radical (unpaired) electrons. The molecule has 13 heteroatoms. The fraction of sp³-hybridized carbons (Fsp3) is 0.636. The predicted molar refractivity (Wildman–Crippen MR) is 114 cm³/mol. The van der Waals surface area contributed by atoms with Crippen molar-refractivity contribution in [1.29, 1.82) is 0 Å². The van der Waals surface area contributed by atoms with Crippen molar-refractivity contribution in [1.82, 2.24) is 9.80 Å². The molecule has 1 aromatic carbocycles. The number of alkyl halides is 6. The summed E-state index contributed by atoms with van der Waals surface area (Å²) in [5, 5.41) is 14.2. The predicted octanol–water partition coefficient (Wildman–Crippen LogP) is 3.64. The van der Waals surface area contributed by atoms with Gasteiger partial charge in [-0.2, -0.15) is 26.3 Å². The lowest BCUT2D eigenvalue weighted by atomic mass is 9.72. The highest BCUT2D eigenvalue weighted by atomic mass is 19.4.